The molecule has 3 nitrogen and oxygen atoms in total. The lowest BCUT2D eigenvalue weighted by Crippen LogP contribution is -2.18. The third-order valence-electron chi connectivity index (χ3n) is 2.30. The van der Waals surface area contributed by atoms with Crippen molar-refractivity contribution in [1.82, 2.24) is 5.43 Å². The summed E-state index contributed by atoms with van der Waals surface area (Å²) in [5.41, 5.74) is 3.11. The molecule has 0 spiro atoms. The van der Waals surface area contributed by atoms with Crippen molar-refractivity contribution in [2.75, 3.05) is 0 Å². The standard InChI is InChI=1S/C14H11FN2O/c15-13-9-5-4-8-12(13)14(18)17-16-10-11-6-2-1-3-7-11/h1-10H,(H,17,18)/b16-10-. The van der Waals surface area contributed by atoms with Crippen molar-refractivity contribution in [3.05, 3.63) is 71.5 Å². The molecule has 1 N–H and O–H groups in total. The van der Waals surface area contributed by atoms with Crippen molar-refractivity contribution in [3.63, 3.8) is 0 Å². The van der Waals surface area contributed by atoms with E-state index >= 15 is 0 Å². The van der Waals surface area contributed by atoms with Gasteiger partial charge in [-0.1, -0.05) is 42.5 Å². The van der Waals surface area contributed by atoms with Crippen LogP contribution in [0.5, 0.6) is 0 Å². The van der Waals surface area contributed by atoms with E-state index in [1.165, 1.54) is 24.4 Å². The maximum absolute atomic E-state index is 13.3. The molecule has 18 heavy (non-hydrogen) atoms. The van der Waals surface area contributed by atoms with E-state index in [4.69, 9.17) is 0 Å². The van der Waals surface area contributed by atoms with Gasteiger partial charge < -0.3 is 0 Å². The molecule has 0 aliphatic rings. The number of nitrogens with one attached hydrogen (secondary N) is 1. The maximum atomic E-state index is 13.3. The van der Waals surface area contributed by atoms with Crippen molar-refractivity contribution < 1.29 is 9.18 Å². The Morgan fingerprint density at radius 2 is 1.72 bits per heavy atom. The fourth-order valence-electron chi connectivity index (χ4n) is 1.41. The molecule has 90 valence electrons. The van der Waals surface area contributed by atoms with E-state index in [1.54, 1.807) is 6.07 Å². The zero-order valence-electron chi connectivity index (χ0n) is 9.51. The minimum absolute atomic E-state index is 0.0253. The van der Waals surface area contributed by atoms with Crippen molar-refractivity contribution in [1.29, 1.82) is 0 Å². The van der Waals surface area contributed by atoms with E-state index in [-0.39, 0.29) is 5.56 Å². The van der Waals surface area contributed by atoms with Gasteiger partial charge in [-0.15, -0.1) is 0 Å². The van der Waals surface area contributed by atoms with E-state index in [2.05, 4.69) is 10.5 Å². The molecule has 0 unspecified atom stereocenters. The van der Waals surface area contributed by atoms with Crippen molar-refractivity contribution in [3.8, 4) is 0 Å². The first-order valence-electron chi connectivity index (χ1n) is 5.40. The molecular formula is C14H11FN2O. The highest BCUT2D eigenvalue weighted by Crippen LogP contribution is 2.05. The first-order chi connectivity index (χ1) is 8.77. The van der Waals surface area contributed by atoms with Crippen LogP contribution in [0.2, 0.25) is 0 Å². The van der Waals surface area contributed by atoms with Crippen LogP contribution < -0.4 is 5.43 Å². The summed E-state index contributed by atoms with van der Waals surface area (Å²) in [5, 5.41) is 3.77. The Balaban J connectivity index is 2.01. The van der Waals surface area contributed by atoms with Crippen LogP contribution in [0.4, 0.5) is 4.39 Å². The van der Waals surface area contributed by atoms with E-state index < -0.39 is 11.7 Å². The second-order valence-corrected chi connectivity index (χ2v) is 3.59. The molecule has 0 aromatic heterocycles. The largest absolute Gasteiger partial charge is 0.274 e. The number of carbonyl (C=O) groups excluding carboxylic acids is 1. The maximum Gasteiger partial charge on any atom is 0.274 e. The number of carbonyl (C=O) groups is 1. The molecule has 0 bridgehead atoms. The molecule has 0 atom stereocenters. The van der Waals surface area contributed by atoms with Gasteiger partial charge in [0.15, 0.2) is 0 Å². The number of hydrazone groups is 1. The Labute approximate surface area is 104 Å². The zero-order valence-corrected chi connectivity index (χ0v) is 9.51. The SMILES string of the molecule is O=C(N/N=C\c1ccccc1)c1ccccc1F. The number of hydrogen-bond acceptors (Lipinski definition) is 2. The summed E-state index contributed by atoms with van der Waals surface area (Å²) in [4.78, 5) is 11.6. The summed E-state index contributed by atoms with van der Waals surface area (Å²) in [5.74, 6) is -1.13. The second kappa shape index (κ2) is 5.72. The Morgan fingerprint density at radius 1 is 1.06 bits per heavy atom. The van der Waals surface area contributed by atoms with E-state index in [0.29, 0.717) is 0 Å². The molecule has 0 saturated carbocycles. The van der Waals surface area contributed by atoms with Gasteiger partial charge in [-0.05, 0) is 17.7 Å². The Hall–Kier alpha value is -2.49. The first kappa shape index (κ1) is 12.0. The highest BCUT2D eigenvalue weighted by molar-refractivity contribution is 5.95. The van der Waals surface area contributed by atoms with Gasteiger partial charge in [0.05, 0.1) is 11.8 Å². The van der Waals surface area contributed by atoms with Crippen molar-refractivity contribution >= 4 is 12.1 Å². The molecule has 2 rings (SSSR count). The third kappa shape index (κ3) is 3.01. The van der Waals surface area contributed by atoms with Gasteiger partial charge in [-0.25, -0.2) is 9.82 Å². The molecule has 0 aliphatic carbocycles. The molecule has 1 amide bonds. The quantitative estimate of drug-likeness (QED) is 0.652. The van der Waals surface area contributed by atoms with Gasteiger partial charge in [0, 0.05) is 0 Å². The lowest BCUT2D eigenvalue weighted by Gasteiger charge is -2.00. The van der Waals surface area contributed by atoms with Crippen LogP contribution in [0, 0.1) is 5.82 Å². The van der Waals surface area contributed by atoms with Gasteiger partial charge in [0.1, 0.15) is 5.82 Å². The lowest BCUT2D eigenvalue weighted by molar-refractivity contribution is 0.0951. The minimum Gasteiger partial charge on any atom is -0.267 e. The van der Waals surface area contributed by atoms with Crippen molar-refractivity contribution in [2.45, 2.75) is 0 Å². The van der Waals surface area contributed by atoms with E-state index in [0.717, 1.165) is 5.56 Å². The van der Waals surface area contributed by atoms with Crippen LogP contribution in [-0.2, 0) is 0 Å². The molecule has 0 fully saturated rings. The number of nitrogens with zero attached hydrogens (tertiary/aromatic N) is 1. The Bertz CT molecular complexity index is 567. The van der Waals surface area contributed by atoms with E-state index in [9.17, 15) is 9.18 Å². The smallest absolute Gasteiger partial charge is 0.267 e. The molecule has 0 heterocycles. The average molecular weight is 242 g/mol. The molecular weight excluding hydrogens is 231 g/mol. The fourth-order valence-corrected chi connectivity index (χ4v) is 1.41. The normalized spacial score (nSPS) is 10.5. The van der Waals surface area contributed by atoms with Crippen LogP contribution in [0.15, 0.2) is 59.7 Å². The Morgan fingerprint density at radius 3 is 2.44 bits per heavy atom. The van der Waals surface area contributed by atoms with Crippen LogP contribution in [0.1, 0.15) is 15.9 Å². The molecule has 2 aromatic rings. The first-order valence-corrected chi connectivity index (χ1v) is 5.40. The summed E-state index contributed by atoms with van der Waals surface area (Å²) in [6, 6.07) is 15.1. The summed E-state index contributed by atoms with van der Waals surface area (Å²) in [7, 11) is 0. The predicted molar refractivity (Wildman–Crippen MR) is 67.9 cm³/mol. The summed E-state index contributed by atoms with van der Waals surface area (Å²) in [6.45, 7) is 0. The molecule has 2 aromatic carbocycles. The van der Waals surface area contributed by atoms with Crippen molar-refractivity contribution in [2.24, 2.45) is 5.10 Å². The molecule has 0 saturated heterocycles. The molecule has 4 heteroatoms. The van der Waals surface area contributed by atoms with Crippen LogP contribution in [-0.4, -0.2) is 12.1 Å². The fraction of sp³-hybridized carbons (Fsp3) is 0. The van der Waals surface area contributed by atoms with Gasteiger partial charge in [0.2, 0.25) is 0 Å². The Kier molecular flexibility index (Phi) is 3.81. The zero-order chi connectivity index (χ0) is 12.8. The molecule has 0 radical (unpaired) electrons. The number of halogens is 1. The minimum atomic E-state index is -0.569. The molecule has 0 aliphatic heterocycles. The van der Waals surface area contributed by atoms with Gasteiger partial charge in [0.25, 0.3) is 5.91 Å². The number of amides is 1. The highest BCUT2D eigenvalue weighted by atomic mass is 19.1. The summed E-state index contributed by atoms with van der Waals surface area (Å²) in [6.07, 6.45) is 1.50. The highest BCUT2D eigenvalue weighted by Gasteiger charge is 2.08. The third-order valence-corrected chi connectivity index (χ3v) is 2.30. The van der Waals surface area contributed by atoms with E-state index in [1.807, 2.05) is 30.3 Å². The van der Waals surface area contributed by atoms with Crippen LogP contribution >= 0.6 is 0 Å². The number of rotatable bonds is 3. The topological polar surface area (TPSA) is 41.5 Å². The van der Waals surface area contributed by atoms with Gasteiger partial charge in [-0.2, -0.15) is 5.10 Å². The van der Waals surface area contributed by atoms with Crippen LogP contribution in [0.3, 0.4) is 0 Å². The van der Waals surface area contributed by atoms with Crippen LogP contribution in [0.25, 0.3) is 0 Å². The summed E-state index contributed by atoms with van der Waals surface area (Å²) >= 11 is 0. The number of hydrogen-bond donors (Lipinski definition) is 1. The second-order valence-electron chi connectivity index (χ2n) is 3.59. The van der Waals surface area contributed by atoms with Gasteiger partial charge in [-0.3, -0.25) is 4.79 Å². The number of benzene rings is 2. The summed E-state index contributed by atoms with van der Waals surface area (Å²) < 4.78 is 13.3. The monoisotopic (exact) mass is 242 g/mol. The average Bonchev–Trinajstić information content (AvgIpc) is 2.40. The lowest BCUT2D eigenvalue weighted by atomic mass is 10.2. The van der Waals surface area contributed by atoms with Gasteiger partial charge >= 0.3 is 0 Å². The predicted octanol–water partition coefficient (Wildman–Crippen LogP) is 2.59.